The minimum Gasteiger partial charge on any atom is -0.494 e. The molecule has 0 aliphatic carbocycles. The number of ether oxygens (including phenoxy) is 3. The largest absolute Gasteiger partial charge is 0.494 e. The van der Waals surface area contributed by atoms with Crippen molar-refractivity contribution in [2.24, 2.45) is 5.10 Å². The lowest BCUT2D eigenvalue weighted by atomic mass is 9.96. The smallest absolute Gasteiger partial charge is 0.282 e. The Kier molecular flexibility index (Phi) is 9.48. The van der Waals surface area contributed by atoms with Crippen molar-refractivity contribution >= 4 is 39.7 Å². The maximum absolute atomic E-state index is 13.8. The van der Waals surface area contributed by atoms with Gasteiger partial charge in [-0.2, -0.15) is 9.78 Å². The predicted molar refractivity (Wildman–Crippen MR) is 169 cm³/mol. The number of nitrogens with zero attached hydrogens (tertiary/aromatic N) is 3. The van der Waals surface area contributed by atoms with Gasteiger partial charge in [-0.25, -0.2) is 4.98 Å². The summed E-state index contributed by atoms with van der Waals surface area (Å²) in [6.45, 7) is 11.2. The van der Waals surface area contributed by atoms with Crippen molar-refractivity contribution in [3.8, 4) is 41.0 Å². The van der Waals surface area contributed by atoms with Crippen molar-refractivity contribution in [1.82, 2.24) is 9.66 Å². The Balaban J connectivity index is 1.92. The topological polar surface area (TPSA) is 74.9 Å². The highest BCUT2D eigenvalue weighted by atomic mass is 127. The number of fused-ring (bicyclic) bond motifs is 1. The number of benzene rings is 3. The second kappa shape index (κ2) is 13.0. The van der Waals surface area contributed by atoms with Gasteiger partial charge < -0.3 is 14.2 Å². The number of aryl methyl sites for hydroxylation is 1. The van der Waals surface area contributed by atoms with Gasteiger partial charge in [0.25, 0.3) is 5.56 Å². The molecule has 0 spiro atoms. The maximum Gasteiger partial charge on any atom is 0.282 e. The van der Waals surface area contributed by atoms with Gasteiger partial charge in [0.1, 0.15) is 12.4 Å². The summed E-state index contributed by atoms with van der Waals surface area (Å²) < 4.78 is 19.6. The van der Waals surface area contributed by atoms with Crippen LogP contribution in [0.4, 0.5) is 0 Å². The quantitative estimate of drug-likeness (QED) is 0.108. The van der Waals surface area contributed by atoms with Crippen LogP contribution < -0.4 is 19.8 Å². The van der Waals surface area contributed by atoms with Crippen LogP contribution in [-0.4, -0.2) is 35.7 Å². The number of para-hydroxylation sites is 1. The van der Waals surface area contributed by atoms with E-state index in [2.05, 4.69) is 53.5 Å². The monoisotopic (exact) mass is 649 g/mol. The SMILES string of the molecule is C#CCOc1c(I)cc(C=Nn2c(-c3cc(C(C)C)c(OCC)cc3C)nc3ccccc3c2=O)cc1OCC. The zero-order valence-electron chi connectivity index (χ0n) is 23.3. The Morgan fingerprint density at radius 1 is 1.07 bits per heavy atom. The molecule has 0 atom stereocenters. The molecule has 1 aromatic heterocycles. The number of rotatable bonds is 10. The van der Waals surface area contributed by atoms with E-state index in [0.717, 1.165) is 31.6 Å². The molecule has 7 nitrogen and oxygen atoms in total. The third kappa shape index (κ3) is 6.15. The van der Waals surface area contributed by atoms with E-state index in [0.29, 0.717) is 41.4 Å². The van der Waals surface area contributed by atoms with Gasteiger partial charge in [-0.1, -0.05) is 31.9 Å². The lowest BCUT2D eigenvalue weighted by Crippen LogP contribution is -2.21. The second-order valence-corrected chi connectivity index (χ2v) is 10.5. The molecule has 1 heterocycles. The van der Waals surface area contributed by atoms with Gasteiger partial charge in [-0.3, -0.25) is 4.79 Å². The van der Waals surface area contributed by atoms with E-state index in [-0.39, 0.29) is 18.1 Å². The van der Waals surface area contributed by atoms with E-state index in [4.69, 9.17) is 25.6 Å². The van der Waals surface area contributed by atoms with Crippen LogP contribution in [0.3, 0.4) is 0 Å². The molecule has 206 valence electrons. The first kappa shape index (κ1) is 29.2. The molecule has 0 unspecified atom stereocenters. The van der Waals surface area contributed by atoms with Gasteiger partial charge in [0, 0.05) is 5.56 Å². The zero-order valence-corrected chi connectivity index (χ0v) is 25.5. The molecule has 0 bridgehead atoms. The summed E-state index contributed by atoms with van der Waals surface area (Å²) in [5.41, 5.74) is 3.87. The summed E-state index contributed by atoms with van der Waals surface area (Å²) in [7, 11) is 0. The van der Waals surface area contributed by atoms with Crippen molar-refractivity contribution in [3.05, 3.63) is 79.1 Å². The van der Waals surface area contributed by atoms with E-state index in [1.54, 1.807) is 12.3 Å². The summed E-state index contributed by atoms with van der Waals surface area (Å²) in [6.07, 6.45) is 7.01. The summed E-state index contributed by atoms with van der Waals surface area (Å²) in [4.78, 5) is 18.7. The number of hydrogen-bond donors (Lipinski definition) is 0. The highest BCUT2D eigenvalue weighted by molar-refractivity contribution is 14.1. The first-order valence-electron chi connectivity index (χ1n) is 13.1. The van der Waals surface area contributed by atoms with E-state index in [1.807, 2.05) is 57.2 Å². The summed E-state index contributed by atoms with van der Waals surface area (Å²) in [5, 5.41) is 5.15. The number of hydrogen-bond acceptors (Lipinski definition) is 6. The van der Waals surface area contributed by atoms with Gasteiger partial charge in [0.05, 0.1) is 33.9 Å². The molecule has 0 saturated carbocycles. The molecule has 4 rings (SSSR count). The normalized spacial score (nSPS) is 11.2. The van der Waals surface area contributed by atoms with Crippen LogP contribution in [0, 0.1) is 22.8 Å². The molecule has 0 amide bonds. The highest BCUT2D eigenvalue weighted by Gasteiger charge is 2.19. The van der Waals surface area contributed by atoms with Gasteiger partial charge in [-0.05, 0) is 102 Å². The van der Waals surface area contributed by atoms with Crippen molar-refractivity contribution in [2.45, 2.75) is 40.5 Å². The Labute approximate surface area is 248 Å². The predicted octanol–water partition coefficient (Wildman–Crippen LogP) is 6.79. The molecule has 8 heteroatoms. The summed E-state index contributed by atoms with van der Waals surface area (Å²) in [6, 6.07) is 15.1. The molecule has 0 aliphatic rings. The average molecular weight is 650 g/mol. The van der Waals surface area contributed by atoms with E-state index < -0.39 is 0 Å². The molecule has 3 aromatic carbocycles. The van der Waals surface area contributed by atoms with Gasteiger partial charge in [-0.15, -0.1) is 6.42 Å². The van der Waals surface area contributed by atoms with E-state index >= 15 is 0 Å². The standard InChI is InChI=1S/C32H32IN3O4/c1-7-14-40-30-26(33)16-22(17-29(30)39-9-3)19-34-36-31(35-27-13-11-10-12-23(27)32(36)37)25-18-24(20(4)5)28(38-8-2)15-21(25)6/h1,10-13,15-20H,8-9,14H2,2-6H3. The molecule has 0 fully saturated rings. The number of terminal acetylenes is 1. The lowest BCUT2D eigenvalue weighted by molar-refractivity contribution is 0.298. The maximum atomic E-state index is 13.8. The Hall–Kier alpha value is -3.84. The van der Waals surface area contributed by atoms with Crippen LogP contribution >= 0.6 is 22.6 Å². The van der Waals surface area contributed by atoms with Crippen LogP contribution in [0.1, 0.15) is 50.3 Å². The van der Waals surface area contributed by atoms with Gasteiger partial charge >= 0.3 is 0 Å². The third-order valence-electron chi connectivity index (χ3n) is 6.23. The fraction of sp³-hybridized carbons (Fsp3) is 0.281. The molecule has 40 heavy (non-hydrogen) atoms. The minimum atomic E-state index is -0.259. The fourth-order valence-electron chi connectivity index (χ4n) is 4.38. The molecule has 4 aromatic rings. The van der Waals surface area contributed by atoms with Crippen molar-refractivity contribution in [1.29, 1.82) is 0 Å². The van der Waals surface area contributed by atoms with Crippen LogP contribution in [0.15, 0.2) is 58.4 Å². The number of halogens is 1. The van der Waals surface area contributed by atoms with Crippen LogP contribution in [0.5, 0.6) is 17.2 Å². The lowest BCUT2D eigenvalue weighted by Gasteiger charge is -2.18. The van der Waals surface area contributed by atoms with Crippen LogP contribution in [0.25, 0.3) is 22.3 Å². The van der Waals surface area contributed by atoms with Crippen LogP contribution in [-0.2, 0) is 0 Å². The van der Waals surface area contributed by atoms with Crippen molar-refractivity contribution in [2.75, 3.05) is 19.8 Å². The van der Waals surface area contributed by atoms with Crippen molar-refractivity contribution < 1.29 is 14.2 Å². The Bertz CT molecular complexity index is 1670. The van der Waals surface area contributed by atoms with E-state index in [9.17, 15) is 4.79 Å². The molecule has 0 aliphatic heterocycles. The first-order valence-corrected chi connectivity index (χ1v) is 14.2. The third-order valence-corrected chi connectivity index (χ3v) is 7.03. The van der Waals surface area contributed by atoms with Gasteiger partial charge in [0.2, 0.25) is 0 Å². The molecule has 0 saturated heterocycles. The second-order valence-electron chi connectivity index (χ2n) is 9.36. The number of aromatic nitrogens is 2. The fourth-order valence-corrected chi connectivity index (χ4v) is 5.16. The summed E-state index contributed by atoms with van der Waals surface area (Å²) >= 11 is 2.18. The van der Waals surface area contributed by atoms with Crippen molar-refractivity contribution in [3.63, 3.8) is 0 Å². The average Bonchev–Trinajstić information content (AvgIpc) is 2.92. The first-order chi connectivity index (χ1) is 19.3. The van der Waals surface area contributed by atoms with Crippen LogP contribution in [0.2, 0.25) is 0 Å². The zero-order chi connectivity index (χ0) is 28.8. The molecule has 0 radical (unpaired) electrons. The van der Waals surface area contributed by atoms with E-state index in [1.165, 1.54) is 4.68 Å². The summed E-state index contributed by atoms with van der Waals surface area (Å²) in [5.74, 6) is 5.11. The minimum absolute atomic E-state index is 0.130. The highest BCUT2D eigenvalue weighted by Crippen LogP contribution is 2.35. The van der Waals surface area contributed by atoms with Gasteiger partial charge in [0.15, 0.2) is 17.3 Å². The Morgan fingerprint density at radius 3 is 2.50 bits per heavy atom. The molecular weight excluding hydrogens is 617 g/mol. The molecular formula is C32H32IN3O4. The Morgan fingerprint density at radius 2 is 1.80 bits per heavy atom. The molecule has 0 N–H and O–H groups in total.